The largest absolute Gasteiger partial charge is 0.497 e. The molecule has 0 aliphatic rings. The summed E-state index contributed by atoms with van der Waals surface area (Å²) in [6, 6.07) is 16.6. The third-order valence-electron chi connectivity index (χ3n) is 4.31. The lowest BCUT2D eigenvalue weighted by molar-refractivity contribution is -0.140. The quantitative estimate of drug-likeness (QED) is 0.779. The second kappa shape index (κ2) is 9.76. The van der Waals surface area contributed by atoms with Gasteiger partial charge in [-0.2, -0.15) is 0 Å². The summed E-state index contributed by atoms with van der Waals surface area (Å²) in [7, 11) is 1.61. The van der Waals surface area contributed by atoms with E-state index in [2.05, 4.69) is 5.32 Å². The average Bonchev–Trinajstić information content (AvgIpc) is 2.66. The SMILES string of the molecule is COc1ccc(CN(C(=O)Cc2ccccc2)[C@H](C)C(=O)NC(C)C)cc1. The van der Waals surface area contributed by atoms with Gasteiger partial charge in [-0.25, -0.2) is 0 Å². The van der Waals surface area contributed by atoms with Gasteiger partial charge in [-0.05, 0) is 44.0 Å². The fraction of sp³-hybridized carbons (Fsp3) is 0.364. The van der Waals surface area contributed by atoms with E-state index >= 15 is 0 Å². The predicted molar refractivity (Wildman–Crippen MR) is 106 cm³/mol. The minimum Gasteiger partial charge on any atom is -0.497 e. The maximum Gasteiger partial charge on any atom is 0.242 e. The highest BCUT2D eigenvalue weighted by molar-refractivity contribution is 5.88. The van der Waals surface area contributed by atoms with Crippen molar-refractivity contribution in [2.75, 3.05) is 7.11 Å². The Labute approximate surface area is 161 Å². The Morgan fingerprint density at radius 3 is 2.15 bits per heavy atom. The molecule has 0 aliphatic carbocycles. The van der Waals surface area contributed by atoms with Crippen LogP contribution in [0.15, 0.2) is 54.6 Å². The Bertz CT molecular complexity index is 742. The Morgan fingerprint density at radius 1 is 0.963 bits per heavy atom. The highest BCUT2D eigenvalue weighted by atomic mass is 16.5. The normalized spacial score (nSPS) is 11.7. The van der Waals surface area contributed by atoms with Crippen molar-refractivity contribution in [2.45, 2.75) is 45.8 Å². The van der Waals surface area contributed by atoms with E-state index in [1.54, 1.807) is 18.9 Å². The molecule has 0 fully saturated rings. The van der Waals surface area contributed by atoms with Crippen molar-refractivity contribution in [3.63, 3.8) is 0 Å². The van der Waals surface area contributed by atoms with E-state index in [0.29, 0.717) is 6.54 Å². The molecule has 0 bridgehead atoms. The number of hydrogen-bond acceptors (Lipinski definition) is 3. The Hall–Kier alpha value is -2.82. The van der Waals surface area contributed by atoms with Crippen LogP contribution in [-0.2, 0) is 22.6 Å². The molecule has 1 atom stereocenters. The van der Waals surface area contributed by atoms with Crippen molar-refractivity contribution in [1.82, 2.24) is 10.2 Å². The molecule has 2 amide bonds. The summed E-state index contributed by atoms with van der Waals surface area (Å²) in [5.74, 6) is 0.523. The molecule has 2 aromatic rings. The van der Waals surface area contributed by atoms with Gasteiger partial charge in [0.1, 0.15) is 11.8 Å². The molecule has 0 saturated carbocycles. The molecular formula is C22H28N2O3. The zero-order valence-electron chi connectivity index (χ0n) is 16.4. The minimum absolute atomic E-state index is 0.0204. The second-order valence-electron chi connectivity index (χ2n) is 6.87. The first kappa shape index (κ1) is 20.5. The monoisotopic (exact) mass is 368 g/mol. The van der Waals surface area contributed by atoms with Crippen molar-refractivity contribution in [2.24, 2.45) is 0 Å². The summed E-state index contributed by atoms with van der Waals surface area (Å²) >= 11 is 0. The van der Waals surface area contributed by atoms with Gasteiger partial charge in [-0.15, -0.1) is 0 Å². The van der Waals surface area contributed by atoms with Crippen LogP contribution in [0, 0.1) is 0 Å². The lowest BCUT2D eigenvalue weighted by Gasteiger charge is -2.29. The number of rotatable bonds is 8. The van der Waals surface area contributed by atoms with E-state index in [0.717, 1.165) is 16.9 Å². The van der Waals surface area contributed by atoms with Crippen molar-refractivity contribution in [3.05, 3.63) is 65.7 Å². The van der Waals surface area contributed by atoms with Gasteiger partial charge < -0.3 is 15.0 Å². The maximum atomic E-state index is 13.0. The highest BCUT2D eigenvalue weighted by Gasteiger charge is 2.26. The number of methoxy groups -OCH3 is 1. The van der Waals surface area contributed by atoms with Gasteiger partial charge in [0.05, 0.1) is 13.5 Å². The molecule has 0 spiro atoms. The topological polar surface area (TPSA) is 58.6 Å². The molecule has 2 aromatic carbocycles. The Balaban J connectivity index is 2.20. The zero-order valence-corrected chi connectivity index (χ0v) is 16.4. The van der Waals surface area contributed by atoms with E-state index in [-0.39, 0.29) is 24.3 Å². The Morgan fingerprint density at radius 2 is 1.59 bits per heavy atom. The van der Waals surface area contributed by atoms with Gasteiger partial charge in [0.15, 0.2) is 0 Å². The summed E-state index contributed by atoms with van der Waals surface area (Å²) in [6.45, 7) is 5.95. The number of ether oxygens (including phenoxy) is 1. The van der Waals surface area contributed by atoms with Crippen LogP contribution in [0.4, 0.5) is 0 Å². The van der Waals surface area contributed by atoms with E-state index in [9.17, 15) is 9.59 Å². The predicted octanol–water partition coefficient (Wildman–Crippen LogP) is 3.18. The van der Waals surface area contributed by atoms with Gasteiger partial charge >= 0.3 is 0 Å². The van der Waals surface area contributed by atoms with Gasteiger partial charge in [-0.1, -0.05) is 42.5 Å². The first-order valence-corrected chi connectivity index (χ1v) is 9.17. The van der Waals surface area contributed by atoms with Crippen LogP contribution in [0.3, 0.4) is 0 Å². The van der Waals surface area contributed by atoms with Gasteiger partial charge in [0.2, 0.25) is 11.8 Å². The molecule has 0 aromatic heterocycles. The first-order valence-electron chi connectivity index (χ1n) is 9.17. The summed E-state index contributed by atoms with van der Waals surface area (Å²) < 4.78 is 5.19. The van der Waals surface area contributed by atoms with Gasteiger partial charge in [-0.3, -0.25) is 9.59 Å². The van der Waals surface area contributed by atoms with Crippen molar-refractivity contribution < 1.29 is 14.3 Å². The van der Waals surface area contributed by atoms with Crippen LogP contribution in [0.1, 0.15) is 31.9 Å². The van der Waals surface area contributed by atoms with Crippen LogP contribution < -0.4 is 10.1 Å². The molecular weight excluding hydrogens is 340 g/mol. The smallest absolute Gasteiger partial charge is 0.242 e. The van der Waals surface area contributed by atoms with Crippen LogP contribution >= 0.6 is 0 Å². The van der Waals surface area contributed by atoms with Gasteiger partial charge in [0, 0.05) is 12.6 Å². The summed E-state index contributed by atoms with van der Waals surface area (Å²) in [4.78, 5) is 27.1. The first-order chi connectivity index (χ1) is 12.9. The fourth-order valence-electron chi connectivity index (χ4n) is 2.79. The number of benzene rings is 2. The molecule has 2 rings (SSSR count). The molecule has 144 valence electrons. The second-order valence-corrected chi connectivity index (χ2v) is 6.87. The number of hydrogen-bond donors (Lipinski definition) is 1. The standard InChI is InChI=1S/C22H28N2O3/c1-16(2)23-22(26)17(3)24(15-19-10-12-20(27-4)13-11-19)21(25)14-18-8-6-5-7-9-18/h5-13,16-17H,14-15H2,1-4H3,(H,23,26)/t17-/m1/s1. The van der Waals surface area contributed by atoms with E-state index in [1.165, 1.54) is 0 Å². The molecule has 1 N–H and O–H groups in total. The number of carbonyl (C=O) groups is 2. The molecule has 0 aliphatic heterocycles. The van der Waals surface area contributed by atoms with Gasteiger partial charge in [0.25, 0.3) is 0 Å². The summed E-state index contributed by atoms with van der Waals surface area (Å²) in [5, 5.41) is 2.89. The number of nitrogens with one attached hydrogen (secondary N) is 1. The lowest BCUT2D eigenvalue weighted by atomic mass is 10.1. The van der Waals surface area contributed by atoms with Crippen LogP contribution in [0.5, 0.6) is 5.75 Å². The third kappa shape index (κ3) is 6.13. The molecule has 27 heavy (non-hydrogen) atoms. The molecule has 0 heterocycles. The van der Waals surface area contributed by atoms with Crippen LogP contribution in [-0.4, -0.2) is 35.9 Å². The van der Waals surface area contributed by atoms with E-state index in [4.69, 9.17) is 4.74 Å². The maximum absolute atomic E-state index is 13.0. The number of amides is 2. The minimum atomic E-state index is -0.564. The van der Waals surface area contributed by atoms with Crippen molar-refractivity contribution in [1.29, 1.82) is 0 Å². The van der Waals surface area contributed by atoms with E-state index in [1.807, 2.05) is 68.4 Å². The fourth-order valence-corrected chi connectivity index (χ4v) is 2.79. The molecule has 5 heteroatoms. The Kier molecular flexibility index (Phi) is 7.41. The molecule has 0 saturated heterocycles. The third-order valence-corrected chi connectivity index (χ3v) is 4.31. The lowest BCUT2D eigenvalue weighted by Crippen LogP contribution is -2.49. The molecule has 0 unspecified atom stereocenters. The summed E-state index contributed by atoms with van der Waals surface area (Å²) in [6.07, 6.45) is 0.260. The highest BCUT2D eigenvalue weighted by Crippen LogP contribution is 2.16. The molecule has 5 nitrogen and oxygen atoms in total. The zero-order chi connectivity index (χ0) is 19.8. The molecule has 0 radical (unpaired) electrons. The van der Waals surface area contributed by atoms with Crippen molar-refractivity contribution in [3.8, 4) is 5.75 Å². The van der Waals surface area contributed by atoms with Crippen molar-refractivity contribution >= 4 is 11.8 Å². The van der Waals surface area contributed by atoms with E-state index < -0.39 is 6.04 Å². The van der Waals surface area contributed by atoms with Crippen LogP contribution in [0.2, 0.25) is 0 Å². The number of carbonyl (C=O) groups excluding carboxylic acids is 2. The number of nitrogens with zero attached hydrogens (tertiary/aromatic N) is 1. The average molecular weight is 368 g/mol. The summed E-state index contributed by atoms with van der Waals surface area (Å²) in [5.41, 5.74) is 1.88. The van der Waals surface area contributed by atoms with Crippen LogP contribution in [0.25, 0.3) is 0 Å².